The van der Waals surface area contributed by atoms with Crippen molar-refractivity contribution >= 4 is 11.4 Å². The minimum absolute atomic E-state index is 0.125. The molecule has 0 amide bonds. The lowest BCUT2D eigenvalue weighted by Gasteiger charge is -2.25. The molecule has 0 aliphatic heterocycles. The molecule has 28 heavy (non-hydrogen) atoms. The van der Waals surface area contributed by atoms with Crippen molar-refractivity contribution in [3.8, 4) is 0 Å². The number of nitro benzene ring substituents is 2. The van der Waals surface area contributed by atoms with E-state index in [1.165, 1.54) is 18.2 Å². The summed E-state index contributed by atoms with van der Waals surface area (Å²) in [6.07, 6.45) is 4.43. The third-order valence-corrected chi connectivity index (χ3v) is 4.24. The molecular formula is C22H38N2O4. The van der Waals surface area contributed by atoms with Crippen molar-refractivity contribution in [2.75, 3.05) is 0 Å². The van der Waals surface area contributed by atoms with Gasteiger partial charge in [-0.3, -0.25) is 20.2 Å². The molecule has 3 unspecified atom stereocenters. The summed E-state index contributed by atoms with van der Waals surface area (Å²) in [6.45, 7) is 22.4. The SMILES string of the molecule is C=CC.C=CC.CC.CCC(C)C(C)C(C)c1c([N+](=O)[O-])cccc1[N+](=O)[O-]. The van der Waals surface area contributed by atoms with E-state index in [1.807, 2.05) is 48.5 Å². The van der Waals surface area contributed by atoms with Crippen LogP contribution in [0.1, 0.15) is 73.3 Å². The summed E-state index contributed by atoms with van der Waals surface area (Å²) >= 11 is 0. The number of allylic oxidation sites excluding steroid dienone is 2. The smallest absolute Gasteiger partial charge is 0.258 e. The summed E-state index contributed by atoms with van der Waals surface area (Å²) in [5, 5.41) is 22.3. The van der Waals surface area contributed by atoms with Crippen molar-refractivity contribution in [2.24, 2.45) is 11.8 Å². The van der Waals surface area contributed by atoms with E-state index in [9.17, 15) is 20.2 Å². The second-order valence-corrected chi connectivity index (χ2v) is 6.07. The van der Waals surface area contributed by atoms with Crippen LogP contribution in [-0.2, 0) is 0 Å². The molecule has 1 aromatic carbocycles. The van der Waals surface area contributed by atoms with Crippen molar-refractivity contribution in [1.29, 1.82) is 0 Å². The highest BCUT2D eigenvalue weighted by atomic mass is 16.6. The number of hydrogen-bond donors (Lipinski definition) is 0. The van der Waals surface area contributed by atoms with Gasteiger partial charge < -0.3 is 0 Å². The molecular weight excluding hydrogens is 356 g/mol. The Balaban J connectivity index is -0.000000675. The second kappa shape index (κ2) is 17.9. The first-order chi connectivity index (χ1) is 13.1. The van der Waals surface area contributed by atoms with Gasteiger partial charge in [0.1, 0.15) is 5.56 Å². The molecule has 0 aromatic heterocycles. The lowest BCUT2D eigenvalue weighted by atomic mass is 9.79. The van der Waals surface area contributed by atoms with E-state index in [0.29, 0.717) is 5.92 Å². The lowest BCUT2D eigenvalue weighted by molar-refractivity contribution is -0.396. The van der Waals surface area contributed by atoms with Crippen LogP contribution in [0.3, 0.4) is 0 Å². The number of hydrogen-bond acceptors (Lipinski definition) is 4. The fourth-order valence-corrected chi connectivity index (χ4v) is 2.45. The Hall–Kier alpha value is -2.50. The topological polar surface area (TPSA) is 86.3 Å². The van der Waals surface area contributed by atoms with Crippen LogP contribution in [0.5, 0.6) is 0 Å². The van der Waals surface area contributed by atoms with E-state index in [4.69, 9.17) is 0 Å². The van der Waals surface area contributed by atoms with Gasteiger partial charge >= 0.3 is 0 Å². The molecule has 0 aliphatic carbocycles. The molecule has 6 heteroatoms. The summed E-state index contributed by atoms with van der Waals surface area (Å²) in [5.74, 6) is 0.219. The molecule has 0 bridgehead atoms. The van der Waals surface area contributed by atoms with Gasteiger partial charge in [-0.1, -0.05) is 60.1 Å². The van der Waals surface area contributed by atoms with Crippen LogP contribution in [0.25, 0.3) is 0 Å². The summed E-state index contributed by atoms with van der Waals surface area (Å²) in [6, 6.07) is 4.03. The van der Waals surface area contributed by atoms with Gasteiger partial charge in [-0.05, 0) is 37.7 Å². The Labute approximate surface area is 170 Å². The number of nitrogens with zero attached hydrogens (tertiary/aromatic N) is 2. The zero-order valence-corrected chi connectivity index (χ0v) is 18.8. The molecule has 0 spiro atoms. The van der Waals surface area contributed by atoms with Gasteiger partial charge in [-0.15, -0.1) is 13.2 Å². The van der Waals surface area contributed by atoms with Gasteiger partial charge in [0.15, 0.2) is 0 Å². The van der Waals surface area contributed by atoms with Crippen LogP contribution < -0.4 is 0 Å². The molecule has 0 saturated heterocycles. The van der Waals surface area contributed by atoms with E-state index >= 15 is 0 Å². The maximum Gasteiger partial charge on any atom is 0.279 e. The fraction of sp³-hybridized carbons (Fsp3) is 0.545. The van der Waals surface area contributed by atoms with Crippen LogP contribution in [0.4, 0.5) is 11.4 Å². The van der Waals surface area contributed by atoms with Crippen LogP contribution in [-0.4, -0.2) is 9.85 Å². The molecule has 3 atom stereocenters. The largest absolute Gasteiger partial charge is 0.279 e. The highest BCUT2D eigenvalue weighted by molar-refractivity contribution is 5.55. The van der Waals surface area contributed by atoms with Crippen LogP contribution in [0, 0.1) is 32.1 Å². The number of nitro groups is 2. The minimum Gasteiger partial charge on any atom is -0.258 e. The zero-order chi connectivity index (χ0) is 22.9. The van der Waals surface area contributed by atoms with E-state index in [2.05, 4.69) is 20.1 Å². The highest BCUT2D eigenvalue weighted by Crippen LogP contribution is 2.40. The molecule has 160 valence electrons. The van der Waals surface area contributed by atoms with Crippen molar-refractivity contribution in [3.63, 3.8) is 0 Å². The van der Waals surface area contributed by atoms with Gasteiger partial charge in [0.25, 0.3) is 11.4 Å². The first-order valence-corrected chi connectivity index (χ1v) is 9.70. The molecule has 0 aliphatic rings. The van der Waals surface area contributed by atoms with Gasteiger partial charge in [0.05, 0.1) is 9.85 Å². The van der Waals surface area contributed by atoms with Gasteiger partial charge in [-0.25, -0.2) is 0 Å². The van der Waals surface area contributed by atoms with Crippen molar-refractivity contribution in [3.05, 3.63) is 69.3 Å². The fourth-order valence-electron chi connectivity index (χ4n) is 2.45. The lowest BCUT2D eigenvalue weighted by Crippen LogP contribution is -2.17. The first-order valence-electron chi connectivity index (χ1n) is 9.70. The Morgan fingerprint density at radius 1 is 0.964 bits per heavy atom. The number of rotatable bonds is 6. The Bertz CT molecular complexity index is 562. The van der Waals surface area contributed by atoms with Crippen molar-refractivity contribution in [2.45, 2.75) is 67.7 Å². The van der Waals surface area contributed by atoms with Crippen LogP contribution in [0.2, 0.25) is 0 Å². The van der Waals surface area contributed by atoms with E-state index in [0.717, 1.165) is 6.42 Å². The monoisotopic (exact) mass is 394 g/mol. The minimum atomic E-state index is -0.540. The molecule has 0 fully saturated rings. The van der Waals surface area contributed by atoms with Gasteiger partial charge in [0, 0.05) is 12.1 Å². The Morgan fingerprint density at radius 3 is 1.54 bits per heavy atom. The van der Waals surface area contributed by atoms with E-state index < -0.39 is 9.85 Å². The quantitative estimate of drug-likeness (QED) is 0.281. The standard InChI is InChI=1S/C14H20N2O4.2C3H6.C2H6/c1-5-9(2)10(3)11(4)14-12(15(17)18)7-6-8-13(14)16(19)20;2*1-3-2;1-2/h6-11H,5H2,1-4H3;2*3H,1H2,2H3;1-2H3. The second-order valence-electron chi connectivity index (χ2n) is 6.07. The predicted octanol–water partition coefficient (Wildman–Crippen LogP) is 7.70. The molecule has 1 rings (SSSR count). The first kappa shape index (κ1) is 30.2. The average molecular weight is 395 g/mol. The third kappa shape index (κ3) is 10.6. The zero-order valence-electron chi connectivity index (χ0n) is 18.8. The van der Waals surface area contributed by atoms with E-state index in [1.54, 1.807) is 12.2 Å². The molecule has 0 N–H and O–H groups in total. The van der Waals surface area contributed by atoms with Gasteiger partial charge in [0.2, 0.25) is 0 Å². The van der Waals surface area contributed by atoms with Crippen LogP contribution in [0.15, 0.2) is 43.5 Å². The maximum absolute atomic E-state index is 11.1. The van der Waals surface area contributed by atoms with Crippen molar-refractivity contribution < 1.29 is 9.85 Å². The van der Waals surface area contributed by atoms with Crippen LogP contribution >= 0.6 is 0 Å². The van der Waals surface area contributed by atoms with Gasteiger partial charge in [-0.2, -0.15) is 0 Å². The molecule has 0 radical (unpaired) electrons. The number of benzene rings is 1. The normalized spacial score (nSPS) is 12.1. The Morgan fingerprint density at radius 2 is 1.29 bits per heavy atom. The van der Waals surface area contributed by atoms with E-state index in [-0.39, 0.29) is 28.8 Å². The summed E-state index contributed by atoms with van der Waals surface area (Å²) in [7, 11) is 0. The molecule has 6 nitrogen and oxygen atoms in total. The highest BCUT2D eigenvalue weighted by Gasteiger charge is 2.32. The van der Waals surface area contributed by atoms with Crippen molar-refractivity contribution in [1.82, 2.24) is 0 Å². The molecule has 0 saturated carbocycles. The third-order valence-electron chi connectivity index (χ3n) is 4.24. The Kier molecular flexibility index (Phi) is 19.3. The average Bonchev–Trinajstić information content (AvgIpc) is 2.68. The molecule has 1 aromatic rings. The molecule has 0 heterocycles. The predicted molar refractivity (Wildman–Crippen MR) is 120 cm³/mol. The summed E-state index contributed by atoms with van der Waals surface area (Å²) < 4.78 is 0. The summed E-state index contributed by atoms with van der Waals surface area (Å²) in [5.41, 5.74) is -0.0981. The maximum atomic E-state index is 11.1. The summed E-state index contributed by atoms with van der Waals surface area (Å²) in [4.78, 5) is 21.2.